The number of methoxy groups -OCH3 is 2. The van der Waals surface area contributed by atoms with Crippen molar-refractivity contribution in [2.45, 2.75) is 39.2 Å². The first kappa shape index (κ1) is 22.2. The highest BCUT2D eigenvalue weighted by molar-refractivity contribution is 5.31. The molecule has 0 aromatic heterocycles. The Labute approximate surface area is 129 Å². The molecule has 0 aliphatic heterocycles. The van der Waals surface area contributed by atoms with E-state index in [9.17, 15) is 0 Å². The van der Waals surface area contributed by atoms with E-state index < -0.39 is 0 Å². The van der Waals surface area contributed by atoms with Crippen LogP contribution in [0.5, 0.6) is 5.75 Å². The molecule has 0 fully saturated rings. The maximum absolute atomic E-state index is 7.00. The Balaban J connectivity index is 0. The summed E-state index contributed by atoms with van der Waals surface area (Å²) in [5.41, 5.74) is 1.27. The van der Waals surface area contributed by atoms with E-state index in [1.165, 1.54) is 5.56 Å². The second-order valence-electron chi connectivity index (χ2n) is 4.65. The molecule has 0 amide bonds. The van der Waals surface area contributed by atoms with Crippen LogP contribution in [-0.2, 0) is 4.74 Å². The maximum Gasteiger partial charge on any atom is 0.119 e. The largest absolute Gasteiger partial charge is 0.497 e. The molecule has 4 heteroatoms. The normalized spacial score (nSPS) is 13.8. The Morgan fingerprint density at radius 3 is 2.05 bits per heavy atom. The number of rotatable bonds is 6. The topological polar surface area (TPSA) is 58.9 Å². The molecule has 0 saturated heterocycles. The van der Waals surface area contributed by atoms with Crippen LogP contribution in [0.2, 0.25) is 0 Å². The van der Waals surface area contributed by atoms with Crippen molar-refractivity contribution < 1.29 is 19.7 Å². The minimum Gasteiger partial charge on any atom is -0.497 e. The van der Waals surface area contributed by atoms with Gasteiger partial charge >= 0.3 is 0 Å². The number of ether oxygens (including phenoxy) is 2. The van der Waals surface area contributed by atoms with Crippen LogP contribution in [0.15, 0.2) is 24.3 Å². The van der Waals surface area contributed by atoms with E-state index >= 15 is 0 Å². The lowest BCUT2D eigenvalue weighted by Crippen LogP contribution is -2.26. The lowest BCUT2D eigenvalue weighted by atomic mass is 9.86. The molecule has 0 saturated carbocycles. The Morgan fingerprint density at radius 2 is 1.62 bits per heavy atom. The molecule has 124 valence electrons. The van der Waals surface area contributed by atoms with Crippen LogP contribution in [0.3, 0.4) is 0 Å². The molecule has 1 aromatic carbocycles. The molecular weight excluding hydrogens is 268 g/mol. The quantitative estimate of drug-likeness (QED) is 0.847. The van der Waals surface area contributed by atoms with Crippen molar-refractivity contribution in [1.82, 2.24) is 0 Å². The summed E-state index contributed by atoms with van der Waals surface area (Å²) in [7, 11) is 5.50. The van der Waals surface area contributed by atoms with E-state index in [-0.39, 0.29) is 6.10 Å². The smallest absolute Gasteiger partial charge is 0.119 e. The molecule has 0 spiro atoms. The van der Waals surface area contributed by atoms with Crippen LogP contribution in [0.1, 0.15) is 38.7 Å². The molecule has 0 unspecified atom stereocenters. The van der Waals surface area contributed by atoms with E-state index in [1.807, 2.05) is 12.1 Å². The summed E-state index contributed by atoms with van der Waals surface area (Å²) in [6.45, 7) is 6.66. The molecule has 0 bridgehead atoms. The van der Waals surface area contributed by atoms with Gasteiger partial charge in [0.05, 0.1) is 13.2 Å². The van der Waals surface area contributed by atoms with Crippen molar-refractivity contribution in [2.24, 2.45) is 5.92 Å². The van der Waals surface area contributed by atoms with Crippen LogP contribution < -0.4 is 4.74 Å². The number of hydrogen-bond donors (Lipinski definition) is 2. The van der Waals surface area contributed by atoms with Gasteiger partial charge in [-0.25, -0.2) is 0 Å². The standard InChI is InChI=1S/C15H24O2.2CH4O/c1-6-11(2)15(17-5)12(3)13-8-7-9-14(10-13)16-4;2*1-2/h7-12,15H,6H2,1-5H3;2*2H,1H3/t11-,12-,15+;;/m1../s1. The second-order valence-corrected chi connectivity index (χ2v) is 4.65. The van der Waals surface area contributed by atoms with Crippen molar-refractivity contribution in [3.05, 3.63) is 29.8 Å². The van der Waals surface area contributed by atoms with Gasteiger partial charge in [-0.2, -0.15) is 0 Å². The number of aliphatic hydroxyl groups excluding tert-OH is 2. The van der Waals surface area contributed by atoms with Gasteiger partial charge in [0.15, 0.2) is 0 Å². The van der Waals surface area contributed by atoms with E-state index in [1.54, 1.807) is 14.2 Å². The van der Waals surface area contributed by atoms with Gasteiger partial charge in [0.25, 0.3) is 0 Å². The molecule has 1 aromatic rings. The van der Waals surface area contributed by atoms with E-state index in [0.717, 1.165) is 26.4 Å². The Hall–Kier alpha value is -1.10. The fourth-order valence-electron chi connectivity index (χ4n) is 2.28. The van der Waals surface area contributed by atoms with Gasteiger partial charge in [-0.3, -0.25) is 0 Å². The molecule has 21 heavy (non-hydrogen) atoms. The molecule has 0 heterocycles. The summed E-state index contributed by atoms with van der Waals surface area (Å²) in [5, 5.41) is 14.0. The van der Waals surface area contributed by atoms with Gasteiger partial charge in [-0.05, 0) is 23.6 Å². The molecule has 1 rings (SSSR count). The zero-order valence-electron chi connectivity index (χ0n) is 14.5. The summed E-state index contributed by atoms with van der Waals surface area (Å²) in [6.07, 6.45) is 1.39. The molecule has 2 N–H and O–H groups in total. The van der Waals surface area contributed by atoms with Gasteiger partial charge in [0.1, 0.15) is 5.75 Å². The van der Waals surface area contributed by atoms with Crippen LogP contribution in [0.25, 0.3) is 0 Å². The van der Waals surface area contributed by atoms with Crippen molar-refractivity contribution in [3.63, 3.8) is 0 Å². The van der Waals surface area contributed by atoms with Gasteiger partial charge in [0, 0.05) is 27.2 Å². The van der Waals surface area contributed by atoms with Gasteiger partial charge in [-0.15, -0.1) is 0 Å². The molecule has 0 radical (unpaired) electrons. The predicted molar refractivity (Wildman–Crippen MR) is 87.9 cm³/mol. The SMILES string of the molecule is CC[C@@H](C)[C@H](OC)[C@H](C)c1cccc(OC)c1.CO.CO. The average Bonchev–Trinajstić information content (AvgIpc) is 2.58. The minimum atomic E-state index is 0.257. The number of aliphatic hydroxyl groups is 2. The highest BCUT2D eigenvalue weighted by atomic mass is 16.5. The number of hydrogen-bond acceptors (Lipinski definition) is 4. The lowest BCUT2D eigenvalue weighted by Gasteiger charge is -2.28. The Morgan fingerprint density at radius 1 is 1.05 bits per heavy atom. The summed E-state index contributed by atoms with van der Waals surface area (Å²) in [6, 6.07) is 8.25. The summed E-state index contributed by atoms with van der Waals surface area (Å²) in [4.78, 5) is 0. The predicted octanol–water partition coefficient (Wildman–Crippen LogP) is 3.08. The monoisotopic (exact) mass is 300 g/mol. The highest BCUT2D eigenvalue weighted by Gasteiger charge is 2.23. The van der Waals surface area contributed by atoms with Crippen LogP contribution in [0.4, 0.5) is 0 Å². The fourth-order valence-corrected chi connectivity index (χ4v) is 2.28. The fraction of sp³-hybridized carbons (Fsp3) is 0.647. The molecule has 3 atom stereocenters. The van der Waals surface area contributed by atoms with Crippen molar-refractivity contribution in [3.8, 4) is 5.75 Å². The Kier molecular flexibility index (Phi) is 14.6. The molecular formula is C17H32O4. The molecule has 4 nitrogen and oxygen atoms in total. The van der Waals surface area contributed by atoms with Crippen LogP contribution >= 0.6 is 0 Å². The zero-order chi connectivity index (χ0) is 16.8. The van der Waals surface area contributed by atoms with Crippen molar-refractivity contribution in [1.29, 1.82) is 0 Å². The first-order valence-electron chi connectivity index (χ1n) is 7.20. The third-order valence-electron chi connectivity index (χ3n) is 3.59. The summed E-state index contributed by atoms with van der Waals surface area (Å²) < 4.78 is 10.9. The van der Waals surface area contributed by atoms with E-state index in [2.05, 4.69) is 32.9 Å². The Bertz CT molecular complexity index is 341. The molecule has 0 aliphatic carbocycles. The van der Waals surface area contributed by atoms with E-state index in [4.69, 9.17) is 19.7 Å². The third kappa shape index (κ3) is 7.46. The van der Waals surface area contributed by atoms with Crippen molar-refractivity contribution >= 4 is 0 Å². The van der Waals surface area contributed by atoms with Gasteiger partial charge < -0.3 is 19.7 Å². The molecule has 0 aliphatic rings. The van der Waals surface area contributed by atoms with Crippen LogP contribution in [-0.4, -0.2) is 44.8 Å². The van der Waals surface area contributed by atoms with Gasteiger partial charge in [-0.1, -0.05) is 39.3 Å². The third-order valence-corrected chi connectivity index (χ3v) is 3.59. The summed E-state index contributed by atoms with van der Waals surface area (Å²) in [5.74, 6) is 1.85. The maximum atomic E-state index is 7.00. The second kappa shape index (κ2) is 13.9. The first-order chi connectivity index (χ1) is 10.1. The lowest BCUT2D eigenvalue weighted by molar-refractivity contribution is 0.0392. The average molecular weight is 300 g/mol. The van der Waals surface area contributed by atoms with Crippen LogP contribution in [0, 0.1) is 5.92 Å². The highest BCUT2D eigenvalue weighted by Crippen LogP contribution is 2.29. The first-order valence-corrected chi connectivity index (χ1v) is 7.20. The summed E-state index contributed by atoms with van der Waals surface area (Å²) >= 11 is 0. The number of benzene rings is 1. The minimum absolute atomic E-state index is 0.257. The van der Waals surface area contributed by atoms with E-state index in [0.29, 0.717) is 11.8 Å². The van der Waals surface area contributed by atoms with Gasteiger partial charge in [0.2, 0.25) is 0 Å². The zero-order valence-corrected chi connectivity index (χ0v) is 14.5. The van der Waals surface area contributed by atoms with Crippen molar-refractivity contribution in [2.75, 3.05) is 28.4 Å².